The van der Waals surface area contributed by atoms with Crippen molar-refractivity contribution in [3.63, 3.8) is 0 Å². The zero-order valence-electron chi connectivity index (χ0n) is 11.8. The van der Waals surface area contributed by atoms with Crippen LogP contribution in [0.4, 0.5) is 0 Å². The van der Waals surface area contributed by atoms with E-state index < -0.39 is 0 Å². The summed E-state index contributed by atoms with van der Waals surface area (Å²) in [5, 5.41) is 0.900. The quantitative estimate of drug-likeness (QED) is 0.927. The summed E-state index contributed by atoms with van der Waals surface area (Å²) in [6.45, 7) is 2.39. The van der Waals surface area contributed by atoms with E-state index in [1.54, 1.807) is 23.1 Å². The molecule has 1 aliphatic heterocycles. The first kappa shape index (κ1) is 16.1. The predicted octanol–water partition coefficient (Wildman–Crippen LogP) is 2.65. The summed E-state index contributed by atoms with van der Waals surface area (Å²) in [4.78, 5) is 25.5. The summed E-state index contributed by atoms with van der Waals surface area (Å²) in [5.74, 6) is -0.611. The van der Waals surface area contributed by atoms with E-state index in [0.717, 1.165) is 18.4 Å². The lowest BCUT2D eigenvalue weighted by Crippen LogP contribution is -2.49. The van der Waals surface area contributed by atoms with Crippen LogP contribution in [0, 0.1) is 5.92 Å². The molecule has 0 aromatic heterocycles. The molecule has 2 N–H and O–H groups in total. The number of rotatable bonds is 3. The van der Waals surface area contributed by atoms with Gasteiger partial charge in [-0.3, -0.25) is 9.59 Å². The number of nitrogens with two attached hydrogens (primary N) is 1. The van der Waals surface area contributed by atoms with Gasteiger partial charge >= 0.3 is 0 Å². The van der Waals surface area contributed by atoms with Gasteiger partial charge in [0.1, 0.15) is 0 Å². The molecule has 1 heterocycles. The lowest BCUT2D eigenvalue weighted by atomic mass is 9.92. The molecule has 1 aromatic rings. The normalized spacial score (nSPS) is 22.1. The first-order valence-electron chi connectivity index (χ1n) is 6.91. The Bertz CT molecular complexity index is 563. The Labute approximate surface area is 134 Å². The van der Waals surface area contributed by atoms with Crippen molar-refractivity contribution < 1.29 is 9.59 Å². The number of piperidine rings is 1. The van der Waals surface area contributed by atoms with Crippen LogP contribution in [0.3, 0.4) is 0 Å². The third-order valence-corrected chi connectivity index (χ3v) is 4.68. The van der Waals surface area contributed by atoms with Crippen LogP contribution >= 0.6 is 23.2 Å². The molecule has 0 bridgehead atoms. The highest BCUT2D eigenvalue weighted by Crippen LogP contribution is 2.25. The highest BCUT2D eigenvalue weighted by molar-refractivity contribution is 6.42. The van der Waals surface area contributed by atoms with Crippen molar-refractivity contribution >= 4 is 35.0 Å². The van der Waals surface area contributed by atoms with Crippen molar-refractivity contribution in [3.05, 3.63) is 33.8 Å². The molecule has 0 saturated carbocycles. The van der Waals surface area contributed by atoms with Gasteiger partial charge in [0.15, 0.2) is 0 Å². The van der Waals surface area contributed by atoms with Crippen LogP contribution < -0.4 is 5.73 Å². The van der Waals surface area contributed by atoms with Crippen LogP contribution in [-0.4, -0.2) is 29.3 Å². The van der Waals surface area contributed by atoms with Crippen molar-refractivity contribution in [2.75, 3.05) is 6.54 Å². The number of likely N-dealkylation sites (tertiary alicyclic amines) is 1. The number of benzene rings is 1. The second kappa shape index (κ2) is 6.67. The molecule has 0 radical (unpaired) electrons. The van der Waals surface area contributed by atoms with Crippen molar-refractivity contribution in [3.8, 4) is 0 Å². The second-order valence-corrected chi connectivity index (χ2v) is 6.31. The van der Waals surface area contributed by atoms with E-state index in [2.05, 4.69) is 0 Å². The maximum atomic E-state index is 12.4. The van der Waals surface area contributed by atoms with Crippen LogP contribution in [-0.2, 0) is 16.0 Å². The van der Waals surface area contributed by atoms with Crippen molar-refractivity contribution in [1.29, 1.82) is 0 Å². The van der Waals surface area contributed by atoms with E-state index in [4.69, 9.17) is 28.9 Å². The molecule has 2 rings (SSSR count). The Kier molecular flexibility index (Phi) is 5.12. The minimum absolute atomic E-state index is 0.0214. The Hall–Kier alpha value is -1.26. The maximum absolute atomic E-state index is 12.4. The number of hydrogen-bond donors (Lipinski definition) is 1. The molecular weight excluding hydrogens is 311 g/mol. The zero-order chi connectivity index (χ0) is 15.6. The molecular formula is C15H18Cl2N2O2. The number of carbonyl (C=O) groups excluding carboxylic acids is 2. The lowest BCUT2D eigenvalue weighted by Gasteiger charge is -2.37. The highest BCUT2D eigenvalue weighted by Gasteiger charge is 2.31. The predicted molar refractivity (Wildman–Crippen MR) is 83.3 cm³/mol. The topological polar surface area (TPSA) is 63.4 Å². The molecule has 4 nitrogen and oxygen atoms in total. The summed E-state index contributed by atoms with van der Waals surface area (Å²) in [7, 11) is 0. The number of primary amides is 1. The van der Waals surface area contributed by atoms with Crippen LogP contribution in [0.25, 0.3) is 0 Å². The van der Waals surface area contributed by atoms with E-state index in [1.165, 1.54) is 0 Å². The summed E-state index contributed by atoms with van der Waals surface area (Å²) in [6, 6.07) is 5.28. The number of halogens is 2. The van der Waals surface area contributed by atoms with Gasteiger partial charge in [-0.05, 0) is 37.5 Å². The summed E-state index contributed by atoms with van der Waals surface area (Å²) in [6.07, 6.45) is 1.78. The molecule has 6 heteroatoms. The SMILES string of the molecule is C[C@H]1CC[C@H](C(N)=O)CN1C(=O)Cc1ccc(Cl)c(Cl)c1. The van der Waals surface area contributed by atoms with E-state index >= 15 is 0 Å². The summed E-state index contributed by atoms with van der Waals surface area (Å²) < 4.78 is 0. The first-order valence-corrected chi connectivity index (χ1v) is 7.66. The standard InChI is InChI=1S/C15H18Cl2N2O2/c1-9-2-4-11(15(18)21)8-19(9)14(20)7-10-3-5-12(16)13(17)6-10/h3,5-6,9,11H,2,4,7-8H2,1H3,(H2,18,21)/t9-,11-/m0/s1. The zero-order valence-corrected chi connectivity index (χ0v) is 13.3. The Morgan fingerprint density at radius 1 is 1.29 bits per heavy atom. The number of hydrogen-bond acceptors (Lipinski definition) is 2. The van der Waals surface area contributed by atoms with Crippen LogP contribution in [0.15, 0.2) is 18.2 Å². The van der Waals surface area contributed by atoms with E-state index in [1.807, 2.05) is 6.92 Å². The summed E-state index contributed by atoms with van der Waals surface area (Å²) in [5.41, 5.74) is 6.16. The first-order chi connectivity index (χ1) is 9.88. The van der Waals surface area contributed by atoms with Crippen LogP contribution in [0.5, 0.6) is 0 Å². The number of carbonyl (C=O) groups is 2. The minimum Gasteiger partial charge on any atom is -0.369 e. The monoisotopic (exact) mass is 328 g/mol. The molecule has 114 valence electrons. The van der Waals surface area contributed by atoms with E-state index in [-0.39, 0.29) is 30.2 Å². The van der Waals surface area contributed by atoms with Gasteiger partial charge in [-0.25, -0.2) is 0 Å². The molecule has 2 amide bonds. The molecule has 0 spiro atoms. The van der Waals surface area contributed by atoms with Crippen LogP contribution in [0.2, 0.25) is 10.0 Å². The molecule has 2 atom stereocenters. The Morgan fingerprint density at radius 3 is 2.62 bits per heavy atom. The van der Waals surface area contributed by atoms with E-state index in [9.17, 15) is 9.59 Å². The fourth-order valence-corrected chi connectivity index (χ4v) is 2.93. The smallest absolute Gasteiger partial charge is 0.227 e. The molecule has 1 aliphatic rings. The van der Waals surface area contributed by atoms with Gasteiger partial charge in [0.05, 0.1) is 22.4 Å². The van der Waals surface area contributed by atoms with Crippen molar-refractivity contribution in [2.24, 2.45) is 11.7 Å². The Morgan fingerprint density at radius 2 is 2.00 bits per heavy atom. The van der Waals surface area contributed by atoms with Gasteiger partial charge in [0.25, 0.3) is 0 Å². The molecule has 1 saturated heterocycles. The molecule has 0 unspecified atom stereocenters. The van der Waals surface area contributed by atoms with Crippen molar-refractivity contribution in [2.45, 2.75) is 32.2 Å². The van der Waals surface area contributed by atoms with Crippen LogP contribution in [0.1, 0.15) is 25.3 Å². The van der Waals surface area contributed by atoms with Gasteiger partial charge in [0, 0.05) is 12.6 Å². The molecule has 1 fully saturated rings. The average Bonchev–Trinajstić information content (AvgIpc) is 2.43. The van der Waals surface area contributed by atoms with Gasteiger partial charge < -0.3 is 10.6 Å². The third kappa shape index (κ3) is 3.89. The van der Waals surface area contributed by atoms with Gasteiger partial charge in [0.2, 0.25) is 11.8 Å². The fraction of sp³-hybridized carbons (Fsp3) is 0.467. The lowest BCUT2D eigenvalue weighted by molar-refractivity contribution is -0.136. The fourth-order valence-electron chi connectivity index (χ4n) is 2.61. The maximum Gasteiger partial charge on any atom is 0.227 e. The summed E-state index contributed by atoms with van der Waals surface area (Å²) >= 11 is 11.8. The molecule has 0 aliphatic carbocycles. The van der Waals surface area contributed by atoms with E-state index in [0.29, 0.717) is 16.6 Å². The number of nitrogens with zero attached hydrogens (tertiary/aromatic N) is 1. The highest BCUT2D eigenvalue weighted by atomic mass is 35.5. The minimum atomic E-state index is -0.339. The second-order valence-electron chi connectivity index (χ2n) is 5.50. The van der Waals surface area contributed by atoms with Crippen molar-refractivity contribution in [1.82, 2.24) is 4.90 Å². The average molecular weight is 329 g/mol. The molecule has 21 heavy (non-hydrogen) atoms. The Balaban J connectivity index is 2.07. The number of amides is 2. The third-order valence-electron chi connectivity index (χ3n) is 3.94. The van der Waals surface area contributed by atoms with Gasteiger partial charge in [-0.15, -0.1) is 0 Å². The largest absolute Gasteiger partial charge is 0.369 e. The van der Waals surface area contributed by atoms with Gasteiger partial charge in [-0.2, -0.15) is 0 Å². The van der Waals surface area contributed by atoms with Gasteiger partial charge in [-0.1, -0.05) is 29.3 Å². The molecule has 1 aromatic carbocycles.